The fourth-order valence-electron chi connectivity index (χ4n) is 2.79. The van der Waals surface area contributed by atoms with Crippen LogP contribution >= 0.6 is 11.6 Å². The van der Waals surface area contributed by atoms with Gasteiger partial charge in [-0.05, 0) is 36.8 Å². The first-order valence-electron chi connectivity index (χ1n) is 8.91. The third-order valence-corrected chi connectivity index (χ3v) is 5.80. The average Bonchev–Trinajstić information content (AvgIpc) is 2.69. The van der Waals surface area contributed by atoms with Crippen molar-refractivity contribution in [2.45, 2.75) is 19.5 Å². The lowest BCUT2D eigenvalue weighted by Gasteiger charge is -2.31. The molecule has 29 heavy (non-hydrogen) atoms. The van der Waals surface area contributed by atoms with Crippen molar-refractivity contribution in [1.29, 1.82) is 0 Å². The maximum Gasteiger partial charge on any atom is 0.244 e. The molecule has 0 saturated carbocycles. The minimum atomic E-state index is -3.74. The lowest BCUT2D eigenvalue weighted by atomic mass is 10.1. The van der Waals surface area contributed by atoms with Gasteiger partial charge < -0.3 is 10.2 Å². The molecule has 2 aromatic carbocycles. The highest BCUT2D eigenvalue weighted by molar-refractivity contribution is 7.92. The van der Waals surface area contributed by atoms with Gasteiger partial charge >= 0.3 is 0 Å². The van der Waals surface area contributed by atoms with Crippen LogP contribution < -0.4 is 9.62 Å². The van der Waals surface area contributed by atoms with Gasteiger partial charge in [-0.3, -0.25) is 13.9 Å². The summed E-state index contributed by atoms with van der Waals surface area (Å²) in [5.74, 6) is -0.836. The Morgan fingerprint density at radius 2 is 1.66 bits per heavy atom. The molecule has 1 N–H and O–H groups in total. The molecule has 0 fully saturated rings. The van der Waals surface area contributed by atoms with Crippen LogP contribution in [0.15, 0.2) is 54.6 Å². The molecule has 0 aliphatic carbocycles. The molecule has 0 saturated heterocycles. The summed E-state index contributed by atoms with van der Waals surface area (Å²) in [5.41, 5.74) is 1.14. The number of hydrogen-bond donors (Lipinski definition) is 1. The smallest absolute Gasteiger partial charge is 0.244 e. The summed E-state index contributed by atoms with van der Waals surface area (Å²) in [5, 5.41) is 2.98. The van der Waals surface area contributed by atoms with Crippen LogP contribution in [0.4, 0.5) is 5.69 Å². The molecule has 156 valence electrons. The fourth-order valence-corrected chi connectivity index (χ4v) is 3.77. The van der Waals surface area contributed by atoms with Crippen molar-refractivity contribution < 1.29 is 18.0 Å². The Labute approximate surface area is 176 Å². The molecule has 9 heteroatoms. The van der Waals surface area contributed by atoms with Gasteiger partial charge in [0.15, 0.2) is 0 Å². The van der Waals surface area contributed by atoms with Gasteiger partial charge in [-0.15, -0.1) is 0 Å². The summed E-state index contributed by atoms with van der Waals surface area (Å²) in [6.07, 6.45) is 1.03. The minimum Gasteiger partial charge on any atom is -0.357 e. The molecule has 0 aliphatic rings. The second-order valence-electron chi connectivity index (χ2n) is 6.54. The summed E-state index contributed by atoms with van der Waals surface area (Å²) in [7, 11) is -2.25. The van der Waals surface area contributed by atoms with Crippen LogP contribution in [0.2, 0.25) is 5.02 Å². The number of sulfonamides is 1. The Bertz CT molecular complexity index is 949. The number of likely N-dealkylation sites (N-methyl/N-ethyl adjacent to an activating group) is 1. The third kappa shape index (κ3) is 6.20. The van der Waals surface area contributed by atoms with E-state index in [0.717, 1.165) is 16.1 Å². The predicted octanol–water partition coefficient (Wildman–Crippen LogP) is 2.27. The largest absolute Gasteiger partial charge is 0.357 e. The van der Waals surface area contributed by atoms with Gasteiger partial charge in [-0.1, -0.05) is 41.9 Å². The van der Waals surface area contributed by atoms with Gasteiger partial charge in [0.1, 0.15) is 12.6 Å². The Balaban J connectivity index is 2.34. The van der Waals surface area contributed by atoms with Crippen LogP contribution in [0.3, 0.4) is 0 Å². The van der Waals surface area contributed by atoms with Gasteiger partial charge in [0.2, 0.25) is 21.8 Å². The van der Waals surface area contributed by atoms with E-state index in [2.05, 4.69) is 5.32 Å². The molecule has 0 radical (unpaired) electrons. The summed E-state index contributed by atoms with van der Waals surface area (Å²) in [4.78, 5) is 26.7. The highest BCUT2D eigenvalue weighted by Gasteiger charge is 2.29. The molecule has 1 atom stereocenters. The molecule has 0 heterocycles. The second-order valence-corrected chi connectivity index (χ2v) is 8.89. The number of halogens is 1. The summed E-state index contributed by atoms with van der Waals surface area (Å²) in [6.45, 7) is 1.34. The Hall–Kier alpha value is -2.58. The van der Waals surface area contributed by atoms with Gasteiger partial charge in [0, 0.05) is 18.6 Å². The predicted molar refractivity (Wildman–Crippen MR) is 114 cm³/mol. The van der Waals surface area contributed by atoms with E-state index < -0.39 is 28.5 Å². The standard InChI is InChI=1S/C20H24ClN3O4S/c1-15(20(26)22-2)23(13-16-7-5-4-6-8-16)19(25)14-24(29(3,27)28)18-11-9-17(21)10-12-18/h4-12,15H,13-14H2,1-3H3,(H,22,26)/t15-/m0/s1. The van der Waals surface area contributed by atoms with Gasteiger partial charge in [0.05, 0.1) is 11.9 Å². The maximum atomic E-state index is 13.1. The Morgan fingerprint density at radius 1 is 1.07 bits per heavy atom. The number of rotatable bonds is 8. The lowest BCUT2D eigenvalue weighted by Crippen LogP contribution is -2.50. The van der Waals surface area contributed by atoms with Crippen LogP contribution in [0.25, 0.3) is 0 Å². The normalized spacial score (nSPS) is 12.1. The average molecular weight is 438 g/mol. The van der Waals surface area contributed by atoms with Crippen LogP contribution in [-0.2, 0) is 26.2 Å². The molecule has 0 bridgehead atoms. The molecule has 2 aromatic rings. The molecule has 0 unspecified atom stereocenters. The van der Waals surface area contributed by atoms with Crippen molar-refractivity contribution in [3.8, 4) is 0 Å². The van der Waals surface area contributed by atoms with E-state index in [9.17, 15) is 18.0 Å². The molecule has 7 nitrogen and oxygen atoms in total. The Morgan fingerprint density at radius 3 is 2.17 bits per heavy atom. The van der Waals surface area contributed by atoms with E-state index in [1.165, 1.54) is 24.1 Å². The minimum absolute atomic E-state index is 0.173. The molecule has 2 amide bonds. The van der Waals surface area contributed by atoms with Crippen molar-refractivity contribution in [3.63, 3.8) is 0 Å². The Kier molecular flexibility index (Phi) is 7.64. The zero-order chi connectivity index (χ0) is 21.6. The molecule has 0 aliphatic heterocycles. The van der Waals surface area contributed by atoms with Crippen LogP contribution in [0.1, 0.15) is 12.5 Å². The quantitative estimate of drug-likeness (QED) is 0.686. The summed E-state index contributed by atoms with van der Waals surface area (Å²) >= 11 is 5.88. The monoisotopic (exact) mass is 437 g/mol. The van der Waals surface area contributed by atoms with E-state index in [-0.39, 0.29) is 12.5 Å². The number of hydrogen-bond acceptors (Lipinski definition) is 4. The van der Waals surface area contributed by atoms with Gasteiger partial charge in [0.25, 0.3) is 0 Å². The van der Waals surface area contributed by atoms with Crippen LogP contribution in [0.5, 0.6) is 0 Å². The number of carbonyl (C=O) groups excluding carboxylic acids is 2. The van der Waals surface area contributed by atoms with Crippen molar-refractivity contribution in [2.75, 3.05) is 24.2 Å². The topological polar surface area (TPSA) is 86.8 Å². The highest BCUT2D eigenvalue weighted by atomic mass is 35.5. The zero-order valence-electron chi connectivity index (χ0n) is 16.5. The number of anilines is 1. The molecule has 2 rings (SSSR count). The number of nitrogens with one attached hydrogen (secondary N) is 1. The molecular weight excluding hydrogens is 414 g/mol. The second kappa shape index (κ2) is 9.76. The molecular formula is C20H24ClN3O4S. The zero-order valence-corrected chi connectivity index (χ0v) is 18.1. The SMILES string of the molecule is CNC(=O)[C@H](C)N(Cc1ccccc1)C(=O)CN(c1ccc(Cl)cc1)S(C)(=O)=O. The number of nitrogens with zero attached hydrogens (tertiary/aromatic N) is 2. The number of amides is 2. The van der Waals surface area contributed by atoms with Crippen LogP contribution in [0, 0.1) is 0 Å². The van der Waals surface area contributed by atoms with E-state index in [1.807, 2.05) is 30.3 Å². The summed E-state index contributed by atoms with van der Waals surface area (Å²) in [6, 6.07) is 14.6. The van der Waals surface area contributed by atoms with E-state index >= 15 is 0 Å². The lowest BCUT2D eigenvalue weighted by molar-refractivity contribution is -0.139. The number of carbonyl (C=O) groups is 2. The first-order valence-corrected chi connectivity index (χ1v) is 11.1. The van der Waals surface area contributed by atoms with E-state index in [4.69, 9.17) is 11.6 Å². The third-order valence-electron chi connectivity index (χ3n) is 4.40. The van der Waals surface area contributed by atoms with Gasteiger partial charge in [-0.2, -0.15) is 0 Å². The number of benzene rings is 2. The van der Waals surface area contributed by atoms with E-state index in [1.54, 1.807) is 19.1 Å². The molecule has 0 aromatic heterocycles. The maximum absolute atomic E-state index is 13.1. The summed E-state index contributed by atoms with van der Waals surface area (Å²) < 4.78 is 25.7. The van der Waals surface area contributed by atoms with Crippen molar-refractivity contribution in [2.24, 2.45) is 0 Å². The van der Waals surface area contributed by atoms with Gasteiger partial charge in [-0.25, -0.2) is 8.42 Å². The fraction of sp³-hybridized carbons (Fsp3) is 0.300. The molecule has 0 spiro atoms. The van der Waals surface area contributed by atoms with Crippen molar-refractivity contribution in [3.05, 3.63) is 65.2 Å². The first kappa shape index (κ1) is 22.7. The van der Waals surface area contributed by atoms with E-state index in [0.29, 0.717) is 10.7 Å². The highest BCUT2D eigenvalue weighted by Crippen LogP contribution is 2.21. The van der Waals surface area contributed by atoms with Crippen LogP contribution in [-0.4, -0.2) is 51.0 Å². The first-order chi connectivity index (χ1) is 13.6. The van der Waals surface area contributed by atoms with Crippen molar-refractivity contribution in [1.82, 2.24) is 10.2 Å². The van der Waals surface area contributed by atoms with Crippen molar-refractivity contribution >= 4 is 39.1 Å².